The summed E-state index contributed by atoms with van der Waals surface area (Å²) in [5.74, 6) is 0.327. The summed E-state index contributed by atoms with van der Waals surface area (Å²) in [6, 6.07) is 41.6. The monoisotopic (exact) mass is 764 g/mol. The third kappa shape index (κ3) is 9.01. The van der Waals surface area contributed by atoms with Crippen molar-refractivity contribution in [2.24, 2.45) is 0 Å². The molecule has 6 aromatic rings. The van der Waals surface area contributed by atoms with Crippen LogP contribution in [0.2, 0.25) is 0 Å². The van der Waals surface area contributed by atoms with Crippen LogP contribution in [-0.4, -0.2) is 7.11 Å². The normalized spacial score (nSPS) is 10.9. The summed E-state index contributed by atoms with van der Waals surface area (Å²) < 4.78 is 58.2. The molecule has 1 aliphatic rings. The van der Waals surface area contributed by atoms with Gasteiger partial charge in [-0.1, -0.05) is 107 Å². The van der Waals surface area contributed by atoms with Crippen LogP contribution in [0.15, 0.2) is 126 Å². The second-order valence-corrected chi connectivity index (χ2v) is 10.7. The van der Waals surface area contributed by atoms with Crippen LogP contribution < -0.4 is 9.47 Å². The number of halogens is 1. The fourth-order valence-electron chi connectivity index (χ4n) is 5.61. The first kappa shape index (κ1) is 43.1. The van der Waals surface area contributed by atoms with Gasteiger partial charge in [0.2, 0.25) is 0 Å². The van der Waals surface area contributed by atoms with Crippen molar-refractivity contribution in [2.45, 2.75) is 12.4 Å². The first-order valence-electron chi connectivity index (χ1n) is 13.9. The minimum atomic E-state index is -1.19. The standard InChI is InChI=1S/C35H25BrO3.5CO.Cr/c1-37-22-23-12-13-24-15-18-31-33(29(24)20-23)34-30-21-28(36)17-14-25(30)16-19-32(34)39-35(38-31,26-8-4-2-5-9-26)27-10-6-3-7-11-27;5*1-2;/h2-21H,22H2,1H3;;;;;;. The predicted octanol–water partition coefficient (Wildman–Crippen LogP) is 9.05. The van der Waals surface area contributed by atoms with Gasteiger partial charge in [0.1, 0.15) is 11.5 Å². The number of methoxy groups -OCH3 is 1. The van der Waals surface area contributed by atoms with Gasteiger partial charge in [-0.2, -0.15) is 0 Å². The van der Waals surface area contributed by atoms with Gasteiger partial charge in [0.25, 0.3) is 0 Å². The van der Waals surface area contributed by atoms with Crippen molar-refractivity contribution in [3.8, 4) is 22.6 Å². The van der Waals surface area contributed by atoms with E-state index < -0.39 is 5.79 Å². The Balaban J connectivity index is 0.00000105. The van der Waals surface area contributed by atoms with E-state index in [0.29, 0.717) is 6.61 Å². The van der Waals surface area contributed by atoms with E-state index in [1.54, 1.807) is 7.11 Å². The molecule has 0 fully saturated rings. The van der Waals surface area contributed by atoms with Crippen LogP contribution in [0.3, 0.4) is 0 Å². The molecular weight excluding hydrogens is 740 g/mol. The molecule has 50 heavy (non-hydrogen) atoms. The topological polar surface area (TPSA) is 127 Å². The molecule has 0 spiro atoms. The Morgan fingerprint density at radius 1 is 0.560 bits per heavy atom. The van der Waals surface area contributed by atoms with E-state index >= 15 is 0 Å². The molecule has 0 amide bonds. The van der Waals surface area contributed by atoms with Gasteiger partial charge in [-0.3, -0.25) is 0 Å². The number of hydrogen-bond acceptors (Lipinski definition) is 3. The Hall–Kier alpha value is -4.89. The second kappa shape index (κ2) is 22.0. The van der Waals surface area contributed by atoms with Crippen molar-refractivity contribution in [2.75, 3.05) is 7.11 Å². The van der Waals surface area contributed by atoms with Crippen molar-refractivity contribution in [1.82, 2.24) is 0 Å². The largest absolute Gasteiger partial charge is 0 e. The summed E-state index contributed by atoms with van der Waals surface area (Å²) in [5, 5.41) is 4.44. The number of ether oxygens (including phenoxy) is 3. The fourth-order valence-corrected chi connectivity index (χ4v) is 5.97. The molecule has 0 aromatic heterocycles. The van der Waals surface area contributed by atoms with E-state index in [1.165, 1.54) is 0 Å². The number of fused-ring (bicyclic) bond motifs is 7. The van der Waals surface area contributed by atoms with Crippen molar-refractivity contribution in [3.05, 3.63) is 176 Å². The Kier molecular flexibility index (Phi) is 18.9. The van der Waals surface area contributed by atoms with E-state index in [0.717, 1.165) is 65.3 Å². The maximum absolute atomic E-state index is 7.50. The third-order valence-corrected chi connectivity index (χ3v) is 7.86. The maximum Gasteiger partial charge on any atom is 0 e. The van der Waals surface area contributed by atoms with Crippen molar-refractivity contribution >= 4 is 37.5 Å². The summed E-state index contributed by atoms with van der Waals surface area (Å²) in [6.45, 7) is 23.0. The van der Waals surface area contributed by atoms with Gasteiger partial charge in [-0.05, 0) is 57.4 Å². The zero-order valence-electron chi connectivity index (χ0n) is 26.3. The van der Waals surface area contributed by atoms with Gasteiger partial charge in [-0.25, -0.2) is 0 Å². The van der Waals surface area contributed by atoms with Gasteiger partial charge in [0.05, 0.1) is 6.61 Å². The van der Waals surface area contributed by atoms with Crippen molar-refractivity contribution in [3.63, 3.8) is 0 Å². The predicted molar refractivity (Wildman–Crippen MR) is 180 cm³/mol. The van der Waals surface area contributed by atoms with E-state index in [2.05, 4.69) is 134 Å². The molecule has 0 unspecified atom stereocenters. The fraction of sp³-hybridized carbons (Fsp3) is 0.0750. The molecule has 0 saturated carbocycles. The van der Waals surface area contributed by atoms with Crippen LogP contribution in [0, 0.1) is 33.3 Å². The van der Waals surface area contributed by atoms with Crippen LogP contribution in [-0.2, 0) is 57.8 Å². The molecule has 0 aliphatic carbocycles. The van der Waals surface area contributed by atoms with Crippen molar-refractivity contribution < 1.29 is 54.8 Å². The summed E-state index contributed by atoms with van der Waals surface area (Å²) in [7, 11) is 1.72. The minimum absolute atomic E-state index is 0. The van der Waals surface area contributed by atoms with Gasteiger partial charge in [-0.15, -0.1) is 0 Å². The van der Waals surface area contributed by atoms with Crippen LogP contribution >= 0.6 is 15.9 Å². The Morgan fingerprint density at radius 2 is 0.960 bits per heavy atom. The maximum atomic E-state index is 7.50. The second-order valence-electron chi connectivity index (χ2n) is 9.78. The quantitative estimate of drug-likeness (QED) is 0.131. The van der Waals surface area contributed by atoms with Gasteiger partial charge in [0, 0.05) is 51.2 Å². The van der Waals surface area contributed by atoms with Gasteiger partial charge < -0.3 is 14.2 Å². The SMILES string of the molecule is COCc1ccc2ccc3c(c2c1)-c1c(ccc2ccc(Br)cc12)OC(c1ccccc1)(c1ccccc1)O3.[C-]#[O+].[C-]#[O+].[C-]#[O+].[C-]#[O+].[C-]#[O+].[Cr]. The molecule has 0 radical (unpaired) electrons. The number of hydrogen-bond donors (Lipinski definition) is 0. The molecule has 6 aromatic carbocycles. The minimum Gasteiger partial charge on any atom is 0 e. The molecule has 8 nitrogen and oxygen atoms in total. The van der Waals surface area contributed by atoms with Gasteiger partial charge in [0.15, 0.2) is 0 Å². The molecule has 246 valence electrons. The molecule has 1 heterocycles. The molecule has 7 rings (SSSR count). The smallest absolute Gasteiger partial charge is 0 e. The first-order valence-corrected chi connectivity index (χ1v) is 14.7. The average molecular weight is 766 g/mol. The van der Waals surface area contributed by atoms with Crippen LogP contribution in [0.25, 0.3) is 32.7 Å². The number of rotatable bonds is 4. The zero-order chi connectivity index (χ0) is 36.4. The molecule has 10 heteroatoms. The van der Waals surface area contributed by atoms with E-state index in [-0.39, 0.29) is 17.4 Å². The molecule has 1 aliphatic heterocycles. The molecule has 0 bridgehead atoms. The van der Waals surface area contributed by atoms with Gasteiger partial charge >= 0.3 is 62.3 Å². The van der Waals surface area contributed by atoms with E-state index in [4.69, 9.17) is 37.5 Å². The summed E-state index contributed by atoms with van der Waals surface area (Å²) in [4.78, 5) is 0. The average Bonchev–Trinajstić information content (AvgIpc) is 3.35. The summed E-state index contributed by atoms with van der Waals surface area (Å²) in [5.41, 5.74) is 4.95. The summed E-state index contributed by atoms with van der Waals surface area (Å²) in [6.07, 6.45) is 0. The van der Waals surface area contributed by atoms with Crippen LogP contribution in [0.1, 0.15) is 16.7 Å². The Bertz CT molecular complexity index is 2010. The third-order valence-electron chi connectivity index (χ3n) is 7.37. The van der Waals surface area contributed by atoms with Crippen molar-refractivity contribution in [1.29, 1.82) is 0 Å². The van der Waals surface area contributed by atoms with E-state index in [9.17, 15) is 0 Å². The first-order chi connectivity index (χ1) is 24.2. The zero-order valence-corrected chi connectivity index (χ0v) is 29.2. The molecular formula is C40H25BrCrO8. The molecule has 0 saturated heterocycles. The van der Waals surface area contributed by atoms with E-state index in [1.807, 2.05) is 36.4 Å². The number of benzene rings is 6. The Morgan fingerprint density at radius 3 is 1.40 bits per heavy atom. The Labute approximate surface area is 308 Å². The summed E-state index contributed by atoms with van der Waals surface area (Å²) >= 11 is 3.71. The van der Waals surface area contributed by atoms with Crippen LogP contribution in [0.4, 0.5) is 0 Å². The van der Waals surface area contributed by atoms with Crippen LogP contribution in [0.5, 0.6) is 11.5 Å². The molecule has 0 atom stereocenters. The molecule has 0 N–H and O–H groups in total.